The highest BCUT2D eigenvalue weighted by Gasteiger charge is 2.17. The molecule has 0 radical (unpaired) electrons. The SMILES string of the molecule is c1ccc(OCCCN(c2ccccc2)N(CCOc2ccccc2)c2ccccc2)cc1. The zero-order valence-electron chi connectivity index (χ0n) is 18.8. The van der Waals surface area contributed by atoms with Crippen molar-refractivity contribution in [1.82, 2.24) is 0 Å². The van der Waals surface area contributed by atoms with Gasteiger partial charge < -0.3 is 9.47 Å². The lowest BCUT2D eigenvalue weighted by Crippen LogP contribution is -2.46. The van der Waals surface area contributed by atoms with E-state index in [4.69, 9.17) is 9.47 Å². The Morgan fingerprint density at radius 1 is 0.424 bits per heavy atom. The number of nitrogens with zero attached hydrogens (tertiary/aromatic N) is 2. The first-order valence-electron chi connectivity index (χ1n) is 11.4. The van der Waals surface area contributed by atoms with Gasteiger partial charge in [-0.2, -0.15) is 0 Å². The maximum Gasteiger partial charge on any atom is 0.119 e. The van der Waals surface area contributed by atoms with Crippen LogP contribution in [0.4, 0.5) is 11.4 Å². The lowest BCUT2D eigenvalue weighted by Gasteiger charge is -2.38. The van der Waals surface area contributed by atoms with Crippen LogP contribution in [0.3, 0.4) is 0 Å². The zero-order chi connectivity index (χ0) is 22.6. The molecular weight excluding hydrogens is 408 g/mol. The molecule has 33 heavy (non-hydrogen) atoms. The summed E-state index contributed by atoms with van der Waals surface area (Å²) in [6.07, 6.45) is 0.882. The van der Waals surface area contributed by atoms with Crippen molar-refractivity contribution >= 4 is 11.4 Å². The molecule has 0 bridgehead atoms. The molecule has 0 saturated heterocycles. The minimum Gasteiger partial charge on any atom is -0.494 e. The maximum atomic E-state index is 6.03. The van der Waals surface area contributed by atoms with Crippen LogP contribution >= 0.6 is 0 Å². The molecule has 4 aromatic rings. The third kappa shape index (κ3) is 6.78. The second-order valence-electron chi connectivity index (χ2n) is 7.59. The Balaban J connectivity index is 1.48. The van der Waals surface area contributed by atoms with Gasteiger partial charge in [0.05, 0.1) is 24.5 Å². The molecule has 0 unspecified atom stereocenters. The van der Waals surface area contributed by atoms with Crippen LogP contribution in [0.25, 0.3) is 0 Å². The summed E-state index contributed by atoms with van der Waals surface area (Å²) in [5.74, 6) is 1.79. The third-order valence-electron chi connectivity index (χ3n) is 5.24. The van der Waals surface area contributed by atoms with Gasteiger partial charge in [-0.1, -0.05) is 72.8 Å². The molecule has 0 fully saturated rings. The van der Waals surface area contributed by atoms with Crippen LogP contribution in [0, 0.1) is 0 Å². The molecule has 168 valence electrons. The fraction of sp³-hybridized carbons (Fsp3) is 0.172. The van der Waals surface area contributed by atoms with Crippen LogP contribution in [-0.2, 0) is 0 Å². The summed E-state index contributed by atoms with van der Waals surface area (Å²) in [6.45, 7) is 2.75. The van der Waals surface area contributed by atoms with E-state index in [9.17, 15) is 0 Å². The Hall–Kier alpha value is -3.92. The van der Waals surface area contributed by atoms with Crippen LogP contribution in [0.15, 0.2) is 121 Å². The number of hydrogen-bond donors (Lipinski definition) is 0. The molecule has 0 atom stereocenters. The van der Waals surface area contributed by atoms with Crippen molar-refractivity contribution in [2.24, 2.45) is 0 Å². The van der Waals surface area contributed by atoms with Crippen molar-refractivity contribution in [3.05, 3.63) is 121 Å². The van der Waals surface area contributed by atoms with Crippen molar-refractivity contribution in [3.63, 3.8) is 0 Å². The van der Waals surface area contributed by atoms with Crippen LogP contribution in [0.2, 0.25) is 0 Å². The predicted molar refractivity (Wildman–Crippen MR) is 136 cm³/mol. The summed E-state index contributed by atoms with van der Waals surface area (Å²) < 4.78 is 12.0. The van der Waals surface area contributed by atoms with E-state index in [1.165, 1.54) is 0 Å². The number of hydrogen-bond acceptors (Lipinski definition) is 4. The lowest BCUT2D eigenvalue weighted by molar-refractivity contribution is 0.307. The number of rotatable bonds is 12. The highest BCUT2D eigenvalue weighted by Crippen LogP contribution is 2.23. The number of anilines is 2. The van der Waals surface area contributed by atoms with Crippen LogP contribution < -0.4 is 19.5 Å². The second-order valence-corrected chi connectivity index (χ2v) is 7.59. The Kier molecular flexibility index (Phi) is 8.24. The van der Waals surface area contributed by atoms with Gasteiger partial charge in [0.15, 0.2) is 0 Å². The molecule has 0 aliphatic heterocycles. The van der Waals surface area contributed by atoms with Crippen molar-refractivity contribution in [3.8, 4) is 11.5 Å². The summed E-state index contributed by atoms with van der Waals surface area (Å²) in [6, 6.07) is 40.9. The topological polar surface area (TPSA) is 24.9 Å². The fourth-order valence-electron chi connectivity index (χ4n) is 3.67. The molecule has 4 nitrogen and oxygen atoms in total. The predicted octanol–water partition coefficient (Wildman–Crippen LogP) is 6.46. The summed E-state index contributed by atoms with van der Waals surface area (Å²) in [4.78, 5) is 0. The van der Waals surface area contributed by atoms with E-state index in [0.29, 0.717) is 19.8 Å². The molecule has 4 rings (SSSR count). The summed E-state index contributed by atoms with van der Waals surface area (Å²) >= 11 is 0. The number of para-hydroxylation sites is 4. The molecule has 0 amide bonds. The van der Waals surface area contributed by atoms with E-state index >= 15 is 0 Å². The van der Waals surface area contributed by atoms with Crippen LogP contribution in [0.5, 0.6) is 11.5 Å². The lowest BCUT2D eigenvalue weighted by atomic mass is 10.2. The van der Waals surface area contributed by atoms with Crippen LogP contribution in [-0.4, -0.2) is 26.3 Å². The van der Waals surface area contributed by atoms with E-state index in [-0.39, 0.29) is 0 Å². The highest BCUT2D eigenvalue weighted by molar-refractivity contribution is 5.57. The van der Waals surface area contributed by atoms with Gasteiger partial charge in [0.2, 0.25) is 0 Å². The van der Waals surface area contributed by atoms with Crippen LogP contribution in [0.1, 0.15) is 6.42 Å². The standard InChI is InChI=1S/C29H30N2O2/c1-5-14-26(15-6-1)30(22-13-24-32-28-18-9-3-10-19-28)31(27-16-7-2-8-17-27)23-25-33-29-20-11-4-12-21-29/h1-12,14-21H,13,22-25H2. The zero-order valence-corrected chi connectivity index (χ0v) is 18.8. The molecule has 0 aliphatic rings. The van der Waals surface area contributed by atoms with Gasteiger partial charge in [0.1, 0.15) is 18.1 Å². The first-order chi connectivity index (χ1) is 16.4. The minimum absolute atomic E-state index is 0.572. The van der Waals surface area contributed by atoms with E-state index in [1.54, 1.807) is 0 Å². The Bertz CT molecular complexity index is 1040. The average molecular weight is 439 g/mol. The smallest absolute Gasteiger partial charge is 0.119 e. The first-order valence-corrected chi connectivity index (χ1v) is 11.4. The first kappa shape index (κ1) is 22.3. The van der Waals surface area contributed by atoms with E-state index in [2.05, 4.69) is 58.5 Å². The average Bonchev–Trinajstić information content (AvgIpc) is 2.89. The Morgan fingerprint density at radius 3 is 1.30 bits per heavy atom. The quantitative estimate of drug-likeness (QED) is 0.187. The van der Waals surface area contributed by atoms with Crippen molar-refractivity contribution < 1.29 is 9.47 Å². The number of ether oxygens (including phenoxy) is 2. The molecule has 0 saturated carbocycles. The largest absolute Gasteiger partial charge is 0.494 e. The van der Waals surface area contributed by atoms with Gasteiger partial charge >= 0.3 is 0 Å². The highest BCUT2D eigenvalue weighted by atomic mass is 16.5. The molecule has 0 N–H and O–H groups in total. The summed E-state index contributed by atoms with van der Waals surface area (Å²) in [5, 5.41) is 4.61. The van der Waals surface area contributed by atoms with E-state index in [0.717, 1.165) is 35.8 Å². The van der Waals surface area contributed by atoms with Gasteiger partial charge in [-0.15, -0.1) is 0 Å². The van der Waals surface area contributed by atoms with Crippen molar-refractivity contribution in [2.45, 2.75) is 6.42 Å². The summed E-state index contributed by atoms with van der Waals surface area (Å²) in [5.41, 5.74) is 2.27. The van der Waals surface area contributed by atoms with Gasteiger partial charge in [-0.25, -0.2) is 0 Å². The van der Waals surface area contributed by atoms with Crippen molar-refractivity contribution in [2.75, 3.05) is 36.3 Å². The Morgan fingerprint density at radius 2 is 0.818 bits per heavy atom. The monoisotopic (exact) mass is 438 g/mol. The fourth-order valence-corrected chi connectivity index (χ4v) is 3.67. The number of benzene rings is 4. The normalized spacial score (nSPS) is 10.4. The molecular formula is C29H30N2O2. The minimum atomic E-state index is 0.572. The van der Waals surface area contributed by atoms with Gasteiger partial charge in [-0.05, 0) is 48.5 Å². The van der Waals surface area contributed by atoms with Gasteiger partial charge in [0, 0.05) is 13.0 Å². The molecule has 0 spiro atoms. The van der Waals surface area contributed by atoms with E-state index in [1.807, 2.05) is 72.8 Å². The van der Waals surface area contributed by atoms with Gasteiger partial charge in [-0.3, -0.25) is 10.0 Å². The molecule has 0 heterocycles. The molecule has 0 aliphatic carbocycles. The molecule has 0 aromatic heterocycles. The van der Waals surface area contributed by atoms with E-state index < -0.39 is 0 Å². The second kappa shape index (κ2) is 12.2. The maximum absolute atomic E-state index is 6.03. The summed E-state index contributed by atoms with van der Waals surface area (Å²) in [7, 11) is 0. The number of hydrazine groups is 1. The Labute approximate surface area is 196 Å². The molecule has 4 heteroatoms. The third-order valence-corrected chi connectivity index (χ3v) is 5.24. The van der Waals surface area contributed by atoms with Gasteiger partial charge in [0.25, 0.3) is 0 Å². The van der Waals surface area contributed by atoms with Crippen molar-refractivity contribution in [1.29, 1.82) is 0 Å². The molecule has 4 aromatic carbocycles.